The first-order valence-electron chi connectivity index (χ1n) is 7.28. The summed E-state index contributed by atoms with van der Waals surface area (Å²) in [5.41, 5.74) is 1.07. The number of rotatable bonds is 2. The van der Waals surface area contributed by atoms with Crippen LogP contribution in [-0.4, -0.2) is 23.2 Å². The van der Waals surface area contributed by atoms with Crippen molar-refractivity contribution in [2.45, 2.75) is 59.0 Å². The molecule has 0 amide bonds. The molecule has 0 spiro atoms. The molecule has 1 atom stereocenters. The lowest BCUT2D eigenvalue weighted by Crippen LogP contribution is -2.24. The molecule has 0 bridgehead atoms. The summed E-state index contributed by atoms with van der Waals surface area (Å²) in [6, 6.07) is 0. The number of nitrogens with zero attached hydrogens (tertiary/aromatic N) is 2. The van der Waals surface area contributed by atoms with E-state index in [1.807, 2.05) is 0 Å². The minimum Gasteiger partial charge on any atom is -0.391 e. The second kappa shape index (κ2) is 5.80. The third-order valence-electron chi connectivity index (χ3n) is 3.83. The molecule has 0 radical (unpaired) electrons. The van der Waals surface area contributed by atoms with Gasteiger partial charge in [-0.15, -0.1) is 0 Å². The molecule has 0 aromatic carbocycles. The smallest absolute Gasteiger partial charge is 0.185 e. The highest BCUT2D eigenvalue weighted by Gasteiger charge is 2.25. The first-order chi connectivity index (χ1) is 8.91. The fourth-order valence-corrected chi connectivity index (χ4v) is 3.80. The summed E-state index contributed by atoms with van der Waals surface area (Å²) < 4.78 is 0. The first-order valence-corrected chi connectivity index (χ1v) is 8.09. The maximum Gasteiger partial charge on any atom is 0.185 e. The quantitative estimate of drug-likeness (QED) is 0.901. The Morgan fingerprint density at radius 3 is 2.63 bits per heavy atom. The molecule has 108 valence electrons. The van der Waals surface area contributed by atoms with Gasteiger partial charge in [0.25, 0.3) is 0 Å². The minimum atomic E-state index is 0.00591. The molecule has 1 aromatic heterocycles. The molecule has 1 unspecified atom stereocenters. The average molecular weight is 282 g/mol. The zero-order valence-electron chi connectivity index (χ0n) is 12.6. The van der Waals surface area contributed by atoms with Crippen LogP contribution < -0.4 is 4.90 Å². The molecule has 19 heavy (non-hydrogen) atoms. The van der Waals surface area contributed by atoms with Gasteiger partial charge < -0.3 is 10.0 Å². The Balaban J connectivity index is 2.23. The molecule has 4 heteroatoms. The van der Waals surface area contributed by atoms with E-state index in [0.717, 1.165) is 34.7 Å². The Morgan fingerprint density at radius 2 is 2.05 bits per heavy atom. The van der Waals surface area contributed by atoms with Gasteiger partial charge in [-0.2, -0.15) is 0 Å². The number of thiazole rings is 1. The van der Waals surface area contributed by atoms with Gasteiger partial charge in [0.1, 0.15) is 0 Å². The number of aromatic nitrogens is 1. The van der Waals surface area contributed by atoms with Gasteiger partial charge in [0.2, 0.25) is 0 Å². The standard InChI is InChI=1S/C15H26N2OS/c1-11-6-5-8-17(9-7-11)14-16-13(15(2,3)4)12(10-18)19-14/h11,18H,5-10H2,1-4H3. The van der Waals surface area contributed by atoms with Crippen molar-refractivity contribution < 1.29 is 5.11 Å². The van der Waals surface area contributed by atoms with Crippen molar-refractivity contribution in [1.29, 1.82) is 0 Å². The van der Waals surface area contributed by atoms with E-state index in [9.17, 15) is 5.11 Å². The van der Waals surface area contributed by atoms with Crippen LogP contribution in [0.3, 0.4) is 0 Å². The van der Waals surface area contributed by atoms with Crippen molar-refractivity contribution in [3.8, 4) is 0 Å². The Labute approximate surface area is 120 Å². The summed E-state index contributed by atoms with van der Waals surface area (Å²) in [6.45, 7) is 11.1. The second-order valence-electron chi connectivity index (χ2n) is 6.70. The van der Waals surface area contributed by atoms with Gasteiger partial charge in [0, 0.05) is 18.5 Å². The monoisotopic (exact) mass is 282 g/mol. The van der Waals surface area contributed by atoms with Crippen LogP contribution in [0.1, 0.15) is 57.5 Å². The SMILES string of the molecule is CC1CCCN(c2nc(C(C)(C)C)c(CO)s2)CC1. The van der Waals surface area contributed by atoms with E-state index >= 15 is 0 Å². The predicted molar refractivity (Wildman–Crippen MR) is 82.0 cm³/mol. The van der Waals surface area contributed by atoms with Gasteiger partial charge in [-0.1, -0.05) is 39.0 Å². The number of aliphatic hydroxyl groups excluding tert-OH is 1. The topological polar surface area (TPSA) is 36.4 Å². The zero-order valence-corrected chi connectivity index (χ0v) is 13.4. The Hall–Kier alpha value is -0.610. The van der Waals surface area contributed by atoms with Crippen molar-refractivity contribution in [3.05, 3.63) is 10.6 Å². The van der Waals surface area contributed by atoms with Crippen molar-refractivity contribution >= 4 is 16.5 Å². The molecule has 1 aliphatic rings. The van der Waals surface area contributed by atoms with Gasteiger partial charge in [-0.3, -0.25) is 0 Å². The predicted octanol–water partition coefficient (Wildman–Crippen LogP) is 3.56. The normalized spacial score (nSPS) is 21.5. The molecular weight excluding hydrogens is 256 g/mol. The van der Waals surface area contributed by atoms with Crippen molar-refractivity contribution in [1.82, 2.24) is 4.98 Å². The number of anilines is 1. The van der Waals surface area contributed by atoms with Crippen molar-refractivity contribution in [2.75, 3.05) is 18.0 Å². The van der Waals surface area contributed by atoms with E-state index in [1.165, 1.54) is 19.3 Å². The fraction of sp³-hybridized carbons (Fsp3) is 0.800. The van der Waals surface area contributed by atoms with Crippen LogP contribution in [0.4, 0.5) is 5.13 Å². The van der Waals surface area contributed by atoms with Gasteiger partial charge in [-0.05, 0) is 25.2 Å². The maximum atomic E-state index is 9.54. The molecule has 1 aromatic rings. The lowest BCUT2D eigenvalue weighted by molar-refractivity contribution is 0.282. The summed E-state index contributed by atoms with van der Waals surface area (Å²) in [5, 5.41) is 10.6. The first kappa shape index (κ1) is 14.8. The van der Waals surface area contributed by atoms with Gasteiger partial charge >= 0.3 is 0 Å². The van der Waals surface area contributed by atoms with Crippen LogP contribution in [-0.2, 0) is 12.0 Å². The number of aliphatic hydroxyl groups is 1. The van der Waals surface area contributed by atoms with E-state index in [1.54, 1.807) is 11.3 Å². The van der Waals surface area contributed by atoms with Crippen molar-refractivity contribution in [2.24, 2.45) is 5.92 Å². The third kappa shape index (κ3) is 3.48. The molecule has 3 nitrogen and oxygen atoms in total. The van der Waals surface area contributed by atoms with Crippen molar-refractivity contribution in [3.63, 3.8) is 0 Å². The molecule has 1 aliphatic heterocycles. The highest BCUT2D eigenvalue weighted by atomic mass is 32.1. The Morgan fingerprint density at radius 1 is 1.32 bits per heavy atom. The van der Waals surface area contributed by atoms with E-state index in [4.69, 9.17) is 4.98 Å². The molecule has 1 fully saturated rings. The van der Waals surface area contributed by atoms with Gasteiger partial charge in [0.05, 0.1) is 17.2 Å². The van der Waals surface area contributed by atoms with Gasteiger partial charge in [0.15, 0.2) is 5.13 Å². The summed E-state index contributed by atoms with van der Waals surface area (Å²) in [4.78, 5) is 8.26. The second-order valence-corrected chi connectivity index (χ2v) is 7.76. The highest BCUT2D eigenvalue weighted by Crippen LogP contribution is 2.35. The van der Waals surface area contributed by atoms with E-state index < -0.39 is 0 Å². The molecular formula is C15H26N2OS. The Kier molecular flexibility index (Phi) is 4.51. The Bertz CT molecular complexity index is 422. The molecule has 1 N–H and O–H groups in total. The van der Waals surface area contributed by atoms with E-state index in [-0.39, 0.29) is 12.0 Å². The lowest BCUT2D eigenvalue weighted by Gasteiger charge is -2.20. The highest BCUT2D eigenvalue weighted by molar-refractivity contribution is 7.15. The van der Waals surface area contributed by atoms with E-state index in [2.05, 4.69) is 32.6 Å². The van der Waals surface area contributed by atoms with Gasteiger partial charge in [-0.25, -0.2) is 4.98 Å². The van der Waals surface area contributed by atoms with E-state index in [0.29, 0.717) is 0 Å². The van der Waals surface area contributed by atoms with Crippen LogP contribution in [0.5, 0.6) is 0 Å². The molecule has 2 rings (SSSR count). The lowest BCUT2D eigenvalue weighted by atomic mass is 9.91. The summed E-state index contributed by atoms with van der Waals surface area (Å²) >= 11 is 1.67. The van der Waals surface area contributed by atoms with Crippen LogP contribution in [0, 0.1) is 5.92 Å². The molecule has 0 saturated carbocycles. The molecule has 2 heterocycles. The summed E-state index contributed by atoms with van der Waals surface area (Å²) in [7, 11) is 0. The average Bonchev–Trinajstić information content (AvgIpc) is 2.66. The summed E-state index contributed by atoms with van der Waals surface area (Å²) in [6.07, 6.45) is 3.82. The minimum absolute atomic E-state index is 0.00591. The fourth-order valence-electron chi connectivity index (χ4n) is 2.62. The third-order valence-corrected chi connectivity index (χ3v) is 4.93. The maximum absolute atomic E-state index is 9.54. The number of hydrogen-bond acceptors (Lipinski definition) is 4. The molecule has 0 aliphatic carbocycles. The zero-order chi connectivity index (χ0) is 14.0. The van der Waals surface area contributed by atoms with Crippen LogP contribution in [0.15, 0.2) is 0 Å². The molecule has 1 saturated heterocycles. The largest absolute Gasteiger partial charge is 0.391 e. The van der Waals surface area contributed by atoms with Crippen LogP contribution in [0.25, 0.3) is 0 Å². The number of hydrogen-bond donors (Lipinski definition) is 1. The van der Waals surface area contributed by atoms with Crippen LogP contribution in [0.2, 0.25) is 0 Å². The summed E-state index contributed by atoms with van der Waals surface area (Å²) in [5.74, 6) is 0.823. The van der Waals surface area contributed by atoms with Crippen LogP contribution >= 0.6 is 11.3 Å².